The van der Waals surface area contributed by atoms with E-state index in [4.69, 9.17) is 9.52 Å². The molecule has 1 fully saturated rings. The van der Waals surface area contributed by atoms with Crippen LogP contribution in [0.3, 0.4) is 0 Å². The molecule has 0 bridgehead atoms. The lowest BCUT2D eigenvalue weighted by molar-refractivity contribution is -0.138. The third-order valence-electron chi connectivity index (χ3n) is 3.75. The summed E-state index contributed by atoms with van der Waals surface area (Å²) in [6.45, 7) is 2.30. The molecule has 1 saturated heterocycles. The van der Waals surface area contributed by atoms with Crippen LogP contribution < -0.4 is 0 Å². The molecule has 2 atom stereocenters. The highest BCUT2D eigenvalue weighted by Crippen LogP contribution is 2.34. The number of hydrogen-bond donors (Lipinski definition) is 2. The molecule has 2 N–H and O–H groups in total. The third-order valence-corrected chi connectivity index (χ3v) is 3.75. The SMILES string of the molecule is O=C(O)C[C@@H]1CN(Cc2ccoc2)C[C@@H]1c1cn[nH]n1. The number of aromatic nitrogens is 3. The fourth-order valence-corrected chi connectivity index (χ4v) is 2.89. The molecule has 106 valence electrons. The number of aromatic amines is 1. The molecule has 1 aliphatic heterocycles. The molecule has 7 nitrogen and oxygen atoms in total. The number of carbonyl (C=O) groups is 1. The van der Waals surface area contributed by atoms with Crippen LogP contribution in [0.2, 0.25) is 0 Å². The Labute approximate surface area is 115 Å². The molecule has 3 heterocycles. The van der Waals surface area contributed by atoms with E-state index in [-0.39, 0.29) is 18.3 Å². The summed E-state index contributed by atoms with van der Waals surface area (Å²) >= 11 is 0. The van der Waals surface area contributed by atoms with Gasteiger partial charge in [0.15, 0.2) is 0 Å². The predicted molar refractivity (Wildman–Crippen MR) is 68.9 cm³/mol. The summed E-state index contributed by atoms with van der Waals surface area (Å²) in [6.07, 6.45) is 5.20. The van der Waals surface area contributed by atoms with Gasteiger partial charge in [0, 0.05) is 31.1 Å². The van der Waals surface area contributed by atoms with Gasteiger partial charge in [0.1, 0.15) is 0 Å². The number of carboxylic acid groups (broad SMARTS) is 1. The van der Waals surface area contributed by atoms with Gasteiger partial charge in [0.25, 0.3) is 0 Å². The van der Waals surface area contributed by atoms with Crippen molar-refractivity contribution in [1.82, 2.24) is 20.3 Å². The molecular weight excluding hydrogens is 260 g/mol. The third kappa shape index (κ3) is 2.72. The second-order valence-corrected chi connectivity index (χ2v) is 5.18. The van der Waals surface area contributed by atoms with Crippen LogP contribution in [0.1, 0.15) is 23.6 Å². The van der Waals surface area contributed by atoms with Crippen molar-refractivity contribution < 1.29 is 14.3 Å². The van der Waals surface area contributed by atoms with Gasteiger partial charge in [-0.1, -0.05) is 0 Å². The molecule has 2 aromatic rings. The van der Waals surface area contributed by atoms with Crippen molar-refractivity contribution in [3.63, 3.8) is 0 Å². The number of hydrogen-bond acceptors (Lipinski definition) is 5. The molecule has 7 heteroatoms. The van der Waals surface area contributed by atoms with E-state index in [0.29, 0.717) is 0 Å². The molecule has 1 aliphatic rings. The van der Waals surface area contributed by atoms with Crippen LogP contribution in [0.4, 0.5) is 0 Å². The summed E-state index contributed by atoms with van der Waals surface area (Å²) < 4.78 is 5.07. The summed E-state index contributed by atoms with van der Waals surface area (Å²) in [6, 6.07) is 1.93. The number of likely N-dealkylation sites (tertiary alicyclic amines) is 1. The predicted octanol–water partition coefficient (Wildman–Crippen LogP) is 1.09. The molecule has 0 radical (unpaired) electrons. The van der Waals surface area contributed by atoms with E-state index in [2.05, 4.69) is 20.3 Å². The lowest BCUT2D eigenvalue weighted by Gasteiger charge is -2.13. The van der Waals surface area contributed by atoms with Crippen molar-refractivity contribution in [2.75, 3.05) is 13.1 Å². The fraction of sp³-hybridized carbons (Fsp3) is 0.462. The van der Waals surface area contributed by atoms with Crippen molar-refractivity contribution in [2.24, 2.45) is 5.92 Å². The van der Waals surface area contributed by atoms with Gasteiger partial charge in [-0.2, -0.15) is 15.4 Å². The Bertz CT molecular complexity index is 552. The monoisotopic (exact) mass is 276 g/mol. The van der Waals surface area contributed by atoms with Gasteiger partial charge >= 0.3 is 5.97 Å². The lowest BCUT2D eigenvalue weighted by Crippen LogP contribution is -2.20. The molecule has 2 aromatic heterocycles. The molecule has 0 unspecified atom stereocenters. The fourth-order valence-electron chi connectivity index (χ4n) is 2.89. The number of H-pyrrole nitrogens is 1. The second-order valence-electron chi connectivity index (χ2n) is 5.18. The maximum absolute atomic E-state index is 11.0. The van der Waals surface area contributed by atoms with Gasteiger partial charge in [0.2, 0.25) is 0 Å². The average Bonchev–Trinajstić information content (AvgIpc) is 3.10. The van der Waals surface area contributed by atoms with Crippen molar-refractivity contribution >= 4 is 5.97 Å². The summed E-state index contributed by atoms with van der Waals surface area (Å²) in [5.74, 6) is -0.602. The number of aliphatic carboxylic acids is 1. The average molecular weight is 276 g/mol. The summed E-state index contributed by atoms with van der Waals surface area (Å²) in [5.41, 5.74) is 1.94. The first kappa shape index (κ1) is 12.9. The Kier molecular flexibility index (Phi) is 3.51. The molecular formula is C13H16N4O3. The Balaban J connectivity index is 1.72. The van der Waals surface area contributed by atoms with Crippen LogP contribution in [0.25, 0.3) is 0 Å². The van der Waals surface area contributed by atoms with Crippen molar-refractivity contribution in [1.29, 1.82) is 0 Å². The van der Waals surface area contributed by atoms with E-state index >= 15 is 0 Å². The number of nitrogens with zero attached hydrogens (tertiary/aromatic N) is 3. The molecule has 0 aromatic carbocycles. The summed E-state index contributed by atoms with van der Waals surface area (Å²) in [7, 11) is 0. The Morgan fingerprint density at radius 1 is 1.55 bits per heavy atom. The van der Waals surface area contributed by atoms with Gasteiger partial charge < -0.3 is 9.52 Å². The first-order chi connectivity index (χ1) is 9.72. The molecule has 0 aliphatic carbocycles. The summed E-state index contributed by atoms with van der Waals surface area (Å²) in [4.78, 5) is 13.3. The normalized spacial score (nSPS) is 23.2. The van der Waals surface area contributed by atoms with Gasteiger partial charge in [0.05, 0.1) is 30.8 Å². The minimum absolute atomic E-state index is 0.0597. The van der Waals surface area contributed by atoms with E-state index in [1.165, 1.54) is 0 Å². The van der Waals surface area contributed by atoms with E-state index in [0.717, 1.165) is 30.9 Å². The quantitative estimate of drug-likeness (QED) is 0.848. The lowest BCUT2D eigenvalue weighted by atomic mass is 9.91. The van der Waals surface area contributed by atoms with Gasteiger partial charge in [-0.15, -0.1) is 0 Å². The zero-order valence-electron chi connectivity index (χ0n) is 10.9. The van der Waals surface area contributed by atoms with Crippen molar-refractivity contribution in [3.05, 3.63) is 36.0 Å². The Hall–Kier alpha value is -2.15. The first-order valence-electron chi connectivity index (χ1n) is 6.53. The topological polar surface area (TPSA) is 95.2 Å². The van der Waals surface area contributed by atoms with E-state index in [9.17, 15) is 4.79 Å². The van der Waals surface area contributed by atoms with E-state index < -0.39 is 5.97 Å². The van der Waals surface area contributed by atoms with Crippen LogP contribution in [-0.2, 0) is 11.3 Å². The van der Waals surface area contributed by atoms with Gasteiger partial charge in [-0.05, 0) is 12.0 Å². The molecule has 0 amide bonds. The molecule has 3 rings (SSSR count). The number of rotatable bonds is 5. The Morgan fingerprint density at radius 2 is 2.45 bits per heavy atom. The van der Waals surface area contributed by atoms with Crippen LogP contribution in [0.15, 0.2) is 29.2 Å². The van der Waals surface area contributed by atoms with E-state index in [1.807, 2.05) is 6.07 Å². The highest BCUT2D eigenvalue weighted by atomic mass is 16.4. The number of furan rings is 1. The largest absolute Gasteiger partial charge is 0.481 e. The zero-order chi connectivity index (χ0) is 13.9. The highest BCUT2D eigenvalue weighted by molar-refractivity contribution is 5.67. The first-order valence-corrected chi connectivity index (χ1v) is 6.53. The second kappa shape index (κ2) is 5.46. The maximum Gasteiger partial charge on any atom is 0.303 e. The number of nitrogens with one attached hydrogen (secondary N) is 1. The molecule has 0 spiro atoms. The minimum Gasteiger partial charge on any atom is -0.481 e. The van der Waals surface area contributed by atoms with Crippen LogP contribution in [0.5, 0.6) is 0 Å². The van der Waals surface area contributed by atoms with Crippen LogP contribution >= 0.6 is 0 Å². The molecule has 0 saturated carbocycles. The van der Waals surface area contributed by atoms with Crippen molar-refractivity contribution in [3.8, 4) is 0 Å². The highest BCUT2D eigenvalue weighted by Gasteiger charge is 2.36. The zero-order valence-corrected chi connectivity index (χ0v) is 10.9. The van der Waals surface area contributed by atoms with Crippen molar-refractivity contribution in [2.45, 2.75) is 18.9 Å². The smallest absolute Gasteiger partial charge is 0.303 e. The van der Waals surface area contributed by atoms with Crippen LogP contribution in [0, 0.1) is 5.92 Å². The number of carboxylic acids is 1. The summed E-state index contributed by atoms with van der Waals surface area (Å²) in [5, 5.41) is 19.6. The minimum atomic E-state index is -0.770. The van der Waals surface area contributed by atoms with Gasteiger partial charge in [-0.25, -0.2) is 0 Å². The Morgan fingerprint density at radius 3 is 3.10 bits per heavy atom. The van der Waals surface area contributed by atoms with E-state index in [1.54, 1.807) is 18.7 Å². The molecule has 20 heavy (non-hydrogen) atoms. The standard InChI is InChI=1S/C13H16N4O3/c18-13(19)3-10-6-17(5-9-1-2-20-8-9)7-11(10)12-4-14-16-15-12/h1-2,4,8,10-11H,3,5-7H2,(H,18,19)(H,14,15,16)/t10-,11+/m1/s1. The van der Waals surface area contributed by atoms with Crippen LogP contribution in [-0.4, -0.2) is 44.5 Å². The van der Waals surface area contributed by atoms with Gasteiger partial charge in [-0.3, -0.25) is 9.69 Å². The maximum atomic E-state index is 11.0.